The number of hydrogen-bond acceptors (Lipinski definition) is 3. The molecule has 6 heteroatoms. The maximum Gasteiger partial charge on any atom is 0.326 e. The van der Waals surface area contributed by atoms with Crippen LogP contribution in [0.15, 0.2) is 24.3 Å². The maximum absolute atomic E-state index is 12.2. The first-order chi connectivity index (χ1) is 10.1. The van der Waals surface area contributed by atoms with Gasteiger partial charge >= 0.3 is 5.97 Å². The van der Waals surface area contributed by atoms with Crippen LogP contribution in [0.5, 0.6) is 5.75 Å². The Labute approximate surface area is 128 Å². The van der Waals surface area contributed by atoms with Gasteiger partial charge in [0, 0.05) is 11.6 Å². The van der Waals surface area contributed by atoms with E-state index in [0.29, 0.717) is 23.7 Å². The number of hydrogen-bond donors (Lipinski definition) is 1. The molecule has 1 amide bonds. The molecule has 1 aliphatic rings. The highest BCUT2D eigenvalue weighted by atomic mass is 35.5. The zero-order chi connectivity index (χ0) is 15.2. The summed E-state index contributed by atoms with van der Waals surface area (Å²) in [7, 11) is 0. The SMILES string of the molecule is O=C(O)C1CCCCCN1C(=O)COc1cccc(Cl)c1. The van der Waals surface area contributed by atoms with Gasteiger partial charge in [-0.05, 0) is 31.0 Å². The van der Waals surface area contributed by atoms with Gasteiger partial charge in [0.25, 0.3) is 5.91 Å². The summed E-state index contributed by atoms with van der Waals surface area (Å²) < 4.78 is 5.40. The van der Waals surface area contributed by atoms with E-state index < -0.39 is 12.0 Å². The van der Waals surface area contributed by atoms with Gasteiger partial charge in [0.2, 0.25) is 0 Å². The zero-order valence-electron chi connectivity index (χ0n) is 11.6. The third-order valence-electron chi connectivity index (χ3n) is 3.52. The van der Waals surface area contributed by atoms with Gasteiger partial charge in [-0.2, -0.15) is 0 Å². The Morgan fingerprint density at radius 1 is 1.33 bits per heavy atom. The fourth-order valence-electron chi connectivity index (χ4n) is 2.45. The minimum absolute atomic E-state index is 0.176. The lowest BCUT2D eigenvalue weighted by molar-refractivity contribution is -0.151. The summed E-state index contributed by atoms with van der Waals surface area (Å²) in [6.45, 7) is 0.291. The number of likely N-dealkylation sites (tertiary alicyclic amines) is 1. The molecule has 1 aromatic carbocycles. The van der Waals surface area contributed by atoms with E-state index in [1.807, 2.05) is 0 Å². The number of rotatable bonds is 4. The number of carboxylic acids is 1. The second-order valence-corrected chi connectivity index (χ2v) is 5.47. The van der Waals surface area contributed by atoms with Crippen LogP contribution in [0.25, 0.3) is 0 Å². The molecule has 0 bridgehead atoms. The van der Waals surface area contributed by atoms with Crippen molar-refractivity contribution in [1.82, 2.24) is 4.90 Å². The lowest BCUT2D eigenvalue weighted by Gasteiger charge is -2.26. The molecule has 21 heavy (non-hydrogen) atoms. The van der Waals surface area contributed by atoms with Crippen LogP contribution in [0.4, 0.5) is 0 Å². The van der Waals surface area contributed by atoms with Crippen LogP contribution in [0.1, 0.15) is 25.7 Å². The Morgan fingerprint density at radius 2 is 2.14 bits per heavy atom. The maximum atomic E-state index is 12.2. The number of nitrogens with zero attached hydrogens (tertiary/aromatic N) is 1. The molecule has 1 aromatic rings. The molecule has 1 atom stereocenters. The Kier molecular flexibility index (Phi) is 5.44. The molecule has 1 unspecified atom stereocenters. The van der Waals surface area contributed by atoms with E-state index in [-0.39, 0.29) is 12.5 Å². The van der Waals surface area contributed by atoms with Crippen molar-refractivity contribution in [2.75, 3.05) is 13.2 Å². The normalized spacial score (nSPS) is 18.9. The fraction of sp³-hybridized carbons (Fsp3) is 0.467. The van der Waals surface area contributed by atoms with E-state index in [4.69, 9.17) is 16.3 Å². The van der Waals surface area contributed by atoms with Gasteiger partial charge in [-0.1, -0.05) is 30.5 Å². The predicted molar refractivity (Wildman–Crippen MR) is 78.6 cm³/mol. The van der Waals surface area contributed by atoms with Gasteiger partial charge in [0.1, 0.15) is 11.8 Å². The molecule has 114 valence electrons. The van der Waals surface area contributed by atoms with Crippen molar-refractivity contribution in [3.8, 4) is 5.75 Å². The molecule has 1 fully saturated rings. The van der Waals surface area contributed by atoms with Crippen molar-refractivity contribution in [2.45, 2.75) is 31.7 Å². The monoisotopic (exact) mass is 311 g/mol. The van der Waals surface area contributed by atoms with Gasteiger partial charge in [-0.3, -0.25) is 4.79 Å². The Balaban J connectivity index is 1.98. The van der Waals surface area contributed by atoms with Crippen LogP contribution in [0.2, 0.25) is 5.02 Å². The fourth-order valence-corrected chi connectivity index (χ4v) is 2.63. The molecule has 0 saturated carbocycles. The molecular weight excluding hydrogens is 294 g/mol. The molecule has 1 N–H and O–H groups in total. The molecular formula is C15H18ClNO4. The van der Waals surface area contributed by atoms with E-state index >= 15 is 0 Å². The summed E-state index contributed by atoms with van der Waals surface area (Å²) in [4.78, 5) is 24.9. The highest BCUT2D eigenvalue weighted by Gasteiger charge is 2.30. The van der Waals surface area contributed by atoms with Crippen LogP contribution >= 0.6 is 11.6 Å². The summed E-state index contributed by atoms with van der Waals surface area (Å²) >= 11 is 5.84. The molecule has 1 saturated heterocycles. The average Bonchev–Trinajstić information content (AvgIpc) is 2.70. The summed E-state index contributed by atoms with van der Waals surface area (Å²) in [6.07, 6.45) is 3.10. The third-order valence-corrected chi connectivity index (χ3v) is 3.75. The van der Waals surface area contributed by atoms with Crippen molar-refractivity contribution >= 4 is 23.5 Å². The van der Waals surface area contributed by atoms with Crippen LogP contribution < -0.4 is 4.74 Å². The molecule has 0 radical (unpaired) electrons. The number of halogens is 1. The minimum Gasteiger partial charge on any atom is -0.484 e. The molecule has 5 nitrogen and oxygen atoms in total. The van der Waals surface area contributed by atoms with Crippen LogP contribution in [0.3, 0.4) is 0 Å². The number of carbonyl (C=O) groups excluding carboxylic acids is 1. The predicted octanol–water partition coefficient (Wildman–Crippen LogP) is 2.57. The van der Waals surface area contributed by atoms with Crippen molar-refractivity contribution in [3.63, 3.8) is 0 Å². The van der Waals surface area contributed by atoms with Gasteiger partial charge in [-0.15, -0.1) is 0 Å². The van der Waals surface area contributed by atoms with Crippen LogP contribution in [-0.2, 0) is 9.59 Å². The molecule has 0 spiro atoms. The second kappa shape index (κ2) is 7.31. The molecule has 2 rings (SSSR count). The smallest absolute Gasteiger partial charge is 0.326 e. The number of ether oxygens (including phenoxy) is 1. The van der Waals surface area contributed by atoms with Gasteiger partial charge in [0.15, 0.2) is 6.61 Å². The number of carbonyl (C=O) groups is 2. The van der Waals surface area contributed by atoms with Crippen molar-refractivity contribution < 1.29 is 19.4 Å². The van der Waals surface area contributed by atoms with E-state index in [2.05, 4.69) is 0 Å². The number of carboxylic acid groups (broad SMARTS) is 1. The van der Waals surface area contributed by atoms with Crippen LogP contribution in [-0.4, -0.2) is 41.1 Å². The zero-order valence-corrected chi connectivity index (χ0v) is 12.4. The minimum atomic E-state index is -0.951. The summed E-state index contributed by atoms with van der Waals surface area (Å²) in [5, 5.41) is 9.78. The second-order valence-electron chi connectivity index (χ2n) is 5.04. The summed E-state index contributed by atoms with van der Waals surface area (Å²) in [5.41, 5.74) is 0. The quantitative estimate of drug-likeness (QED) is 0.928. The van der Waals surface area contributed by atoms with E-state index in [9.17, 15) is 14.7 Å². The van der Waals surface area contributed by atoms with Crippen molar-refractivity contribution in [3.05, 3.63) is 29.3 Å². The first-order valence-electron chi connectivity index (χ1n) is 6.98. The molecule has 1 aliphatic heterocycles. The van der Waals surface area contributed by atoms with Crippen molar-refractivity contribution in [1.29, 1.82) is 0 Å². The Morgan fingerprint density at radius 3 is 2.86 bits per heavy atom. The third kappa shape index (κ3) is 4.36. The largest absolute Gasteiger partial charge is 0.484 e. The molecule has 0 aliphatic carbocycles. The molecule has 1 heterocycles. The van der Waals surface area contributed by atoms with Crippen molar-refractivity contribution in [2.24, 2.45) is 0 Å². The lowest BCUT2D eigenvalue weighted by Crippen LogP contribution is -2.46. The van der Waals surface area contributed by atoms with E-state index in [0.717, 1.165) is 19.3 Å². The van der Waals surface area contributed by atoms with E-state index in [1.165, 1.54) is 4.90 Å². The number of amides is 1. The summed E-state index contributed by atoms with van der Waals surface area (Å²) in [5.74, 6) is -0.755. The summed E-state index contributed by atoms with van der Waals surface area (Å²) in [6, 6.07) is 6.02. The first-order valence-corrected chi connectivity index (χ1v) is 7.36. The number of aliphatic carboxylic acids is 1. The Bertz CT molecular complexity index is 520. The van der Waals surface area contributed by atoms with E-state index in [1.54, 1.807) is 24.3 Å². The Hall–Kier alpha value is -1.75. The van der Waals surface area contributed by atoms with Gasteiger partial charge in [-0.25, -0.2) is 4.79 Å². The van der Waals surface area contributed by atoms with Crippen LogP contribution in [0, 0.1) is 0 Å². The molecule has 0 aromatic heterocycles. The van der Waals surface area contributed by atoms with Gasteiger partial charge in [0.05, 0.1) is 0 Å². The average molecular weight is 312 g/mol. The number of benzene rings is 1. The standard InChI is InChI=1S/C15H18ClNO4/c16-11-5-4-6-12(9-11)21-10-14(18)17-8-3-1-2-7-13(17)15(19)20/h4-6,9,13H,1-3,7-8,10H2,(H,19,20). The highest BCUT2D eigenvalue weighted by molar-refractivity contribution is 6.30. The highest BCUT2D eigenvalue weighted by Crippen LogP contribution is 2.19. The topological polar surface area (TPSA) is 66.8 Å². The first kappa shape index (κ1) is 15.6. The van der Waals surface area contributed by atoms with Gasteiger partial charge < -0.3 is 14.7 Å². The lowest BCUT2D eigenvalue weighted by atomic mass is 10.1.